The van der Waals surface area contributed by atoms with E-state index in [0.29, 0.717) is 18.9 Å². The first-order chi connectivity index (χ1) is 6.83. The van der Waals surface area contributed by atoms with Gasteiger partial charge in [-0.25, -0.2) is 4.79 Å². The van der Waals surface area contributed by atoms with E-state index in [-0.39, 0.29) is 0 Å². The quantitative estimate of drug-likeness (QED) is 0.733. The Morgan fingerprint density at radius 1 is 1.57 bits per heavy atom. The smallest absolute Gasteiger partial charge is 0.410 e. The molecule has 0 heterocycles. The van der Waals surface area contributed by atoms with Gasteiger partial charge < -0.3 is 14.8 Å². The lowest BCUT2D eigenvalue weighted by Crippen LogP contribution is -2.29. The normalized spacial score (nSPS) is 9.50. The van der Waals surface area contributed by atoms with Crippen LogP contribution in [0, 0.1) is 6.07 Å². The second kappa shape index (κ2) is 5.99. The van der Waals surface area contributed by atoms with Gasteiger partial charge in [-0.2, -0.15) is 0 Å². The number of ether oxygens (including phenoxy) is 2. The van der Waals surface area contributed by atoms with E-state index in [1.807, 2.05) is 0 Å². The van der Waals surface area contributed by atoms with Crippen LogP contribution in [-0.4, -0.2) is 26.4 Å². The highest BCUT2D eigenvalue weighted by Crippen LogP contribution is 2.06. The summed E-state index contributed by atoms with van der Waals surface area (Å²) in [6.07, 6.45) is -0.496. The van der Waals surface area contributed by atoms with Crippen LogP contribution in [0.3, 0.4) is 0 Å². The van der Waals surface area contributed by atoms with Crippen molar-refractivity contribution < 1.29 is 14.3 Å². The Morgan fingerprint density at radius 2 is 2.43 bits per heavy atom. The lowest BCUT2D eigenvalue weighted by molar-refractivity contribution is 0.180. The number of carbonyl (C=O) groups is 1. The monoisotopic (exact) mass is 194 g/mol. The van der Waals surface area contributed by atoms with Crippen molar-refractivity contribution in [1.29, 1.82) is 0 Å². The molecule has 4 heteroatoms. The predicted octanol–water partition coefficient (Wildman–Crippen LogP) is 1.22. The summed E-state index contributed by atoms with van der Waals surface area (Å²) in [5.41, 5.74) is 0. The number of para-hydroxylation sites is 1. The van der Waals surface area contributed by atoms with Gasteiger partial charge in [0.05, 0.1) is 6.61 Å². The highest BCUT2D eigenvalue weighted by atomic mass is 16.6. The Labute approximate surface area is 82.8 Å². The fourth-order valence-corrected chi connectivity index (χ4v) is 0.831. The van der Waals surface area contributed by atoms with E-state index in [1.165, 1.54) is 0 Å². The summed E-state index contributed by atoms with van der Waals surface area (Å²) in [5, 5.41) is 2.53. The summed E-state index contributed by atoms with van der Waals surface area (Å²) in [7, 11) is 1.57. The zero-order valence-electron chi connectivity index (χ0n) is 7.95. The zero-order chi connectivity index (χ0) is 10.2. The first-order valence-electron chi connectivity index (χ1n) is 4.24. The van der Waals surface area contributed by atoms with Gasteiger partial charge in [0, 0.05) is 19.7 Å². The minimum atomic E-state index is -0.496. The molecule has 1 amide bonds. The van der Waals surface area contributed by atoms with E-state index in [1.54, 1.807) is 31.4 Å². The summed E-state index contributed by atoms with van der Waals surface area (Å²) in [6, 6.07) is 9.69. The number of rotatable bonds is 4. The van der Waals surface area contributed by atoms with Crippen LogP contribution in [0.25, 0.3) is 0 Å². The number of amides is 1. The van der Waals surface area contributed by atoms with Gasteiger partial charge in [0.2, 0.25) is 0 Å². The Balaban J connectivity index is 2.27. The lowest BCUT2D eigenvalue weighted by Gasteiger charge is -2.04. The first-order valence-corrected chi connectivity index (χ1v) is 4.24. The molecule has 4 nitrogen and oxygen atoms in total. The molecular formula is C10H12NO3. The molecule has 14 heavy (non-hydrogen) atoms. The van der Waals surface area contributed by atoms with Crippen molar-refractivity contribution in [2.45, 2.75) is 0 Å². The van der Waals surface area contributed by atoms with Gasteiger partial charge in [-0.3, -0.25) is 0 Å². The molecule has 0 aliphatic heterocycles. The number of methoxy groups -OCH3 is 1. The molecule has 0 aromatic heterocycles. The Kier molecular flexibility index (Phi) is 4.50. The van der Waals surface area contributed by atoms with Gasteiger partial charge in [-0.15, -0.1) is 0 Å². The molecule has 1 rings (SSSR count). The second-order valence-electron chi connectivity index (χ2n) is 2.54. The number of nitrogens with one attached hydrogen (secondary N) is 1. The number of hydrogen-bond donors (Lipinski definition) is 1. The highest BCUT2D eigenvalue weighted by molar-refractivity contribution is 5.70. The maximum absolute atomic E-state index is 11.1. The molecule has 75 valence electrons. The second-order valence-corrected chi connectivity index (χ2v) is 2.54. The summed E-state index contributed by atoms with van der Waals surface area (Å²) >= 11 is 0. The van der Waals surface area contributed by atoms with Gasteiger partial charge in [-0.05, 0) is 6.07 Å². The predicted molar refractivity (Wildman–Crippen MR) is 51.2 cm³/mol. The van der Waals surface area contributed by atoms with Crippen molar-refractivity contribution in [1.82, 2.24) is 5.32 Å². The molecule has 0 aliphatic carbocycles. The van der Waals surface area contributed by atoms with E-state index >= 15 is 0 Å². The Hall–Kier alpha value is -1.55. The Morgan fingerprint density at radius 3 is 3.07 bits per heavy atom. The molecule has 0 saturated heterocycles. The molecule has 0 aliphatic rings. The SMILES string of the molecule is COCCNC(=O)Oc1[c]cccc1. The van der Waals surface area contributed by atoms with Crippen molar-refractivity contribution in [3.8, 4) is 5.75 Å². The largest absolute Gasteiger partial charge is 0.412 e. The van der Waals surface area contributed by atoms with E-state index < -0.39 is 6.09 Å². The summed E-state index contributed by atoms with van der Waals surface area (Å²) < 4.78 is 9.66. The summed E-state index contributed by atoms with van der Waals surface area (Å²) in [6.45, 7) is 0.899. The topological polar surface area (TPSA) is 47.6 Å². The molecule has 0 saturated carbocycles. The third-order valence-corrected chi connectivity index (χ3v) is 1.46. The van der Waals surface area contributed by atoms with E-state index in [9.17, 15) is 4.79 Å². The van der Waals surface area contributed by atoms with Crippen molar-refractivity contribution in [2.75, 3.05) is 20.3 Å². The van der Waals surface area contributed by atoms with Crippen LogP contribution in [0.5, 0.6) is 5.75 Å². The number of benzene rings is 1. The third kappa shape index (κ3) is 3.91. The molecule has 0 fully saturated rings. The standard InChI is InChI=1S/C10H12NO3/c1-13-8-7-11-10(12)14-9-5-3-2-4-6-9/h2-5H,7-8H2,1H3,(H,11,12). The molecule has 1 aromatic rings. The van der Waals surface area contributed by atoms with Crippen molar-refractivity contribution >= 4 is 6.09 Å². The maximum Gasteiger partial charge on any atom is 0.412 e. The van der Waals surface area contributed by atoms with Crippen LogP contribution in [0.4, 0.5) is 4.79 Å². The fourth-order valence-electron chi connectivity index (χ4n) is 0.831. The van der Waals surface area contributed by atoms with Crippen LogP contribution in [0.15, 0.2) is 24.3 Å². The number of carbonyl (C=O) groups excluding carboxylic acids is 1. The van der Waals surface area contributed by atoms with Crippen molar-refractivity contribution in [3.05, 3.63) is 30.3 Å². The van der Waals surface area contributed by atoms with Crippen molar-refractivity contribution in [2.24, 2.45) is 0 Å². The van der Waals surface area contributed by atoms with Crippen LogP contribution >= 0.6 is 0 Å². The van der Waals surface area contributed by atoms with Crippen molar-refractivity contribution in [3.63, 3.8) is 0 Å². The van der Waals surface area contributed by atoms with Crippen LogP contribution in [-0.2, 0) is 4.74 Å². The molecule has 1 radical (unpaired) electrons. The average Bonchev–Trinajstić information content (AvgIpc) is 2.20. The minimum absolute atomic E-state index is 0.405. The van der Waals surface area contributed by atoms with Crippen LogP contribution < -0.4 is 10.1 Å². The average molecular weight is 194 g/mol. The molecule has 0 bridgehead atoms. The molecule has 0 spiro atoms. The molecule has 1 N–H and O–H groups in total. The van der Waals surface area contributed by atoms with Crippen LogP contribution in [0.1, 0.15) is 0 Å². The minimum Gasteiger partial charge on any atom is -0.410 e. The molecule has 1 aromatic carbocycles. The van der Waals surface area contributed by atoms with E-state index in [0.717, 1.165) is 0 Å². The lowest BCUT2D eigenvalue weighted by atomic mass is 10.3. The van der Waals surface area contributed by atoms with E-state index in [2.05, 4.69) is 11.4 Å². The summed E-state index contributed by atoms with van der Waals surface area (Å²) in [5.74, 6) is 0.405. The van der Waals surface area contributed by atoms with Gasteiger partial charge in [-0.1, -0.05) is 18.2 Å². The van der Waals surface area contributed by atoms with Gasteiger partial charge in [0.25, 0.3) is 0 Å². The summed E-state index contributed by atoms with van der Waals surface area (Å²) in [4.78, 5) is 11.1. The Bertz CT molecular complexity index is 274. The number of hydrogen-bond acceptors (Lipinski definition) is 3. The van der Waals surface area contributed by atoms with Gasteiger partial charge >= 0.3 is 6.09 Å². The molecular weight excluding hydrogens is 182 g/mol. The molecule has 0 atom stereocenters. The van der Waals surface area contributed by atoms with Crippen LogP contribution in [0.2, 0.25) is 0 Å². The first kappa shape index (κ1) is 10.5. The molecule has 0 unspecified atom stereocenters. The third-order valence-electron chi connectivity index (χ3n) is 1.46. The fraction of sp³-hybridized carbons (Fsp3) is 0.300. The van der Waals surface area contributed by atoms with E-state index in [4.69, 9.17) is 9.47 Å². The highest BCUT2D eigenvalue weighted by Gasteiger charge is 2.01. The zero-order valence-corrected chi connectivity index (χ0v) is 7.95. The van der Waals surface area contributed by atoms with Gasteiger partial charge in [0.1, 0.15) is 5.75 Å². The van der Waals surface area contributed by atoms with Gasteiger partial charge in [0.15, 0.2) is 0 Å². The maximum atomic E-state index is 11.1.